The van der Waals surface area contributed by atoms with E-state index in [1.54, 1.807) is 4.57 Å². The molecule has 0 radical (unpaired) electrons. The zero-order valence-corrected chi connectivity index (χ0v) is 11.9. The zero-order valence-electron chi connectivity index (χ0n) is 10.3. The van der Waals surface area contributed by atoms with E-state index in [0.29, 0.717) is 16.7 Å². The summed E-state index contributed by atoms with van der Waals surface area (Å²) in [5.74, 6) is 1.12. The second kappa shape index (κ2) is 6.20. The van der Waals surface area contributed by atoms with Crippen molar-refractivity contribution in [2.75, 3.05) is 12.0 Å². The van der Waals surface area contributed by atoms with Crippen molar-refractivity contribution >= 4 is 34.9 Å². The van der Waals surface area contributed by atoms with Crippen molar-refractivity contribution in [3.63, 3.8) is 0 Å². The highest BCUT2D eigenvalue weighted by Crippen LogP contribution is 2.07. The van der Waals surface area contributed by atoms with E-state index in [2.05, 4.69) is 11.2 Å². The Hall–Kier alpha value is -1.07. The molecular formula is C13H16N2OS2. The van der Waals surface area contributed by atoms with Gasteiger partial charge in [-0.1, -0.05) is 12.1 Å². The number of fused-ring (bicyclic) bond motifs is 1. The zero-order chi connectivity index (χ0) is 13.0. The Morgan fingerprint density at radius 3 is 2.89 bits per heavy atom. The summed E-state index contributed by atoms with van der Waals surface area (Å²) in [6, 6.07) is 7.49. The van der Waals surface area contributed by atoms with Gasteiger partial charge in [-0.2, -0.15) is 11.8 Å². The number of aromatic amines is 1. The molecule has 1 aromatic heterocycles. The number of nitrogens with zero attached hydrogens (tertiary/aromatic N) is 1. The van der Waals surface area contributed by atoms with Gasteiger partial charge in [0.25, 0.3) is 5.56 Å². The molecule has 1 aromatic carbocycles. The van der Waals surface area contributed by atoms with Crippen molar-refractivity contribution in [1.29, 1.82) is 0 Å². The van der Waals surface area contributed by atoms with Crippen molar-refractivity contribution in [1.82, 2.24) is 9.55 Å². The molecule has 1 heterocycles. The highest BCUT2D eigenvalue weighted by Gasteiger charge is 2.04. The summed E-state index contributed by atoms with van der Waals surface area (Å²) in [7, 11) is 0. The van der Waals surface area contributed by atoms with Gasteiger partial charge in [0.05, 0.1) is 10.9 Å². The van der Waals surface area contributed by atoms with E-state index in [-0.39, 0.29) is 5.56 Å². The molecular weight excluding hydrogens is 264 g/mol. The molecule has 0 bridgehead atoms. The lowest BCUT2D eigenvalue weighted by Gasteiger charge is -2.07. The topological polar surface area (TPSA) is 37.8 Å². The third-order valence-corrected chi connectivity index (χ3v) is 3.89. The highest BCUT2D eigenvalue weighted by atomic mass is 32.2. The van der Waals surface area contributed by atoms with E-state index in [4.69, 9.17) is 12.2 Å². The second-order valence-electron chi connectivity index (χ2n) is 4.13. The molecule has 0 aliphatic heterocycles. The third-order valence-electron chi connectivity index (χ3n) is 2.87. The number of hydrogen-bond acceptors (Lipinski definition) is 3. The van der Waals surface area contributed by atoms with Gasteiger partial charge in [-0.05, 0) is 49.2 Å². The van der Waals surface area contributed by atoms with Crippen LogP contribution in [-0.4, -0.2) is 21.6 Å². The fourth-order valence-electron chi connectivity index (χ4n) is 1.92. The van der Waals surface area contributed by atoms with Gasteiger partial charge in [0.15, 0.2) is 4.77 Å². The molecule has 0 aliphatic rings. The van der Waals surface area contributed by atoms with Crippen LogP contribution in [0.15, 0.2) is 29.1 Å². The molecule has 3 nitrogen and oxygen atoms in total. The van der Waals surface area contributed by atoms with Crippen LogP contribution in [0.2, 0.25) is 0 Å². The van der Waals surface area contributed by atoms with Crippen molar-refractivity contribution in [3.8, 4) is 0 Å². The minimum absolute atomic E-state index is 0.0125. The number of H-pyrrole nitrogens is 1. The fourth-order valence-corrected chi connectivity index (χ4v) is 2.70. The Bertz CT molecular complexity index is 645. The Labute approximate surface area is 115 Å². The predicted octanol–water partition coefficient (Wildman–Crippen LogP) is 3.20. The summed E-state index contributed by atoms with van der Waals surface area (Å²) in [4.78, 5) is 15.4. The number of nitrogens with one attached hydrogen (secondary N) is 1. The Morgan fingerprint density at radius 1 is 1.33 bits per heavy atom. The molecule has 1 N–H and O–H groups in total. The molecule has 0 unspecified atom stereocenters. The summed E-state index contributed by atoms with van der Waals surface area (Å²) in [6.07, 6.45) is 4.18. The van der Waals surface area contributed by atoms with E-state index < -0.39 is 0 Å². The van der Waals surface area contributed by atoms with Crippen LogP contribution in [0, 0.1) is 4.77 Å². The number of thioether (sulfide) groups is 1. The summed E-state index contributed by atoms with van der Waals surface area (Å²) in [6.45, 7) is 0.694. The maximum atomic E-state index is 12.3. The van der Waals surface area contributed by atoms with Crippen LogP contribution in [0.3, 0.4) is 0 Å². The molecule has 18 heavy (non-hydrogen) atoms. The average molecular weight is 280 g/mol. The van der Waals surface area contributed by atoms with Crippen LogP contribution < -0.4 is 5.56 Å². The van der Waals surface area contributed by atoms with Gasteiger partial charge in [-0.3, -0.25) is 9.36 Å². The molecule has 0 saturated heterocycles. The SMILES string of the molecule is CSCCCCn1c(=S)[nH]c2ccccc2c1=O. The third kappa shape index (κ3) is 2.84. The molecule has 0 spiro atoms. The standard InChI is InChI=1S/C13H16N2OS2/c1-18-9-5-4-8-15-12(16)10-6-2-3-7-11(10)14-13(15)17/h2-3,6-7H,4-5,8-9H2,1H3,(H,14,17). The van der Waals surface area contributed by atoms with Crippen LogP contribution in [0.1, 0.15) is 12.8 Å². The number of rotatable bonds is 5. The Kier molecular flexibility index (Phi) is 4.60. The van der Waals surface area contributed by atoms with Crippen LogP contribution in [0.5, 0.6) is 0 Å². The minimum Gasteiger partial charge on any atom is -0.332 e. The highest BCUT2D eigenvalue weighted by molar-refractivity contribution is 7.98. The van der Waals surface area contributed by atoms with E-state index in [9.17, 15) is 4.79 Å². The van der Waals surface area contributed by atoms with Crippen LogP contribution >= 0.6 is 24.0 Å². The van der Waals surface area contributed by atoms with Gasteiger partial charge in [0.1, 0.15) is 0 Å². The number of hydrogen-bond donors (Lipinski definition) is 1. The maximum absolute atomic E-state index is 12.3. The van der Waals surface area contributed by atoms with Crippen molar-refractivity contribution in [2.24, 2.45) is 0 Å². The normalized spacial score (nSPS) is 10.9. The van der Waals surface area contributed by atoms with Gasteiger partial charge in [-0.15, -0.1) is 0 Å². The summed E-state index contributed by atoms with van der Waals surface area (Å²) in [5, 5.41) is 0.705. The number of para-hydroxylation sites is 1. The molecule has 2 aromatic rings. The number of aromatic nitrogens is 2. The van der Waals surface area contributed by atoms with Crippen molar-refractivity contribution in [2.45, 2.75) is 19.4 Å². The van der Waals surface area contributed by atoms with Crippen molar-refractivity contribution in [3.05, 3.63) is 39.4 Å². The lowest BCUT2D eigenvalue weighted by Crippen LogP contribution is -2.22. The molecule has 0 amide bonds. The number of unbranched alkanes of at least 4 members (excludes halogenated alkanes) is 1. The molecule has 0 saturated carbocycles. The first-order chi connectivity index (χ1) is 8.74. The lowest BCUT2D eigenvalue weighted by molar-refractivity contribution is 0.603. The van der Waals surface area contributed by atoms with Crippen LogP contribution in [0.25, 0.3) is 10.9 Å². The van der Waals surface area contributed by atoms with Gasteiger partial charge < -0.3 is 4.98 Å². The largest absolute Gasteiger partial charge is 0.332 e. The minimum atomic E-state index is 0.0125. The Morgan fingerprint density at radius 2 is 2.11 bits per heavy atom. The van der Waals surface area contributed by atoms with Crippen LogP contribution in [-0.2, 0) is 6.54 Å². The van der Waals surface area contributed by atoms with E-state index in [1.165, 1.54) is 0 Å². The van der Waals surface area contributed by atoms with E-state index >= 15 is 0 Å². The molecule has 5 heteroatoms. The quantitative estimate of drug-likeness (QED) is 0.675. The van der Waals surface area contributed by atoms with Gasteiger partial charge in [0, 0.05) is 6.54 Å². The fraction of sp³-hybridized carbons (Fsp3) is 0.385. The molecule has 0 aliphatic carbocycles. The first-order valence-electron chi connectivity index (χ1n) is 5.95. The monoisotopic (exact) mass is 280 g/mol. The Balaban J connectivity index is 2.33. The molecule has 2 rings (SSSR count). The summed E-state index contributed by atoms with van der Waals surface area (Å²) >= 11 is 7.07. The summed E-state index contributed by atoms with van der Waals surface area (Å²) in [5.41, 5.74) is 0.825. The van der Waals surface area contributed by atoms with Gasteiger partial charge in [0.2, 0.25) is 0 Å². The van der Waals surface area contributed by atoms with E-state index in [0.717, 1.165) is 24.1 Å². The average Bonchev–Trinajstić information content (AvgIpc) is 2.38. The van der Waals surface area contributed by atoms with Crippen LogP contribution in [0.4, 0.5) is 0 Å². The van der Waals surface area contributed by atoms with Gasteiger partial charge >= 0.3 is 0 Å². The van der Waals surface area contributed by atoms with E-state index in [1.807, 2.05) is 36.0 Å². The second-order valence-corrected chi connectivity index (χ2v) is 5.50. The number of benzene rings is 1. The lowest BCUT2D eigenvalue weighted by atomic mass is 10.2. The maximum Gasteiger partial charge on any atom is 0.262 e. The van der Waals surface area contributed by atoms with Crippen molar-refractivity contribution < 1.29 is 0 Å². The van der Waals surface area contributed by atoms with Gasteiger partial charge in [-0.25, -0.2) is 0 Å². The smallest absolute Gasteiger partial charge is 0.262 e. The molecule has 0 fully saturated rings. The first kappa shape index (κ1) is 13.4. The summed E-state index contributed by atoms with van der Waals surface area (Å²) < 4.78 is 2.18. The predicted molar refractivity (Wildman–Crippen MR) is 81.0 cm³/mol. The molecule has 96 valence electrons. The first-order valence-corrected chi connectivity index (χ1v) is 7.75. The molecule has 0 atom stereocenters.